The van der Waals surface area contributed by atoms with Gasteiger partial charge in [0.1, 0.15) is 11.9 Å². The Hall–Kier alpha value is -2.78. The summed E-state index contributed by atoms with van der Waals surface area (Å²) >= 11 is 0. The molecule has 140 valence electrons. The third-order valence-corrected chi connectivity index (χ3v) is 4.09. The summed E-state index contributed by atoms with van der Waals surface area (Å²) in [6.07, 6.45) is 2.32. The molecule has 0 fully saturated rings. The molecule has 1 aliphatic rings. The normalized spacial score (nSPS) is 19.5. The van der Waals surface area contributed by atoms with E-state index in [9.17, 15) is 19.5 Å². The van der Waals surface area contributed by atoms with Crippen molar-refractivity contribution in [3.8, 4) is 0 Å². The Labute approximate surface area is 151 Å². The van der Waals surface area contributed by atoms with E-state index in [1.54, 1.807) is 32.2 Å². The van der Waals surface area contributed by atoms with E-state index in [4.69, 9.17) is 4.74 Å². The summed E-state index contributed by atoms with van der Waals surface area (Å²) in [5.74, 6) is -2.28. The molecule has 1 aliphatic heterocycles. The molecule has 26 heavy (non-hydrogen) atoms. The number of carbonyl (C=O) groups is 3. The summed E-state index contributed by atoms with van der Waals surface area (Å²) in [7, 11) is 1.41. The number of carboxylic acid groups (broad SMARTS) is 1. The topological polar surface area (TPSA) is 112 Å². The van der Waals surface area contributed by atoms with Gasteiger partial charge in [0.2, 0.25) is 0 Å². The van der Waals surface area contributed by atoms with Gasteiger partial charge in [-0.15, -0.1) is 0 Å². The quantitative estimate of drug-likeness (QED) is 0.735. The first kappa shape index (κ1) is 19.5. The molecule has 0 radical (unpaired) electrons. The van der Waals surface area contributed by atoms with Gasteiger partial charge in [-0.3, -0.25) is 24.4 Å². The van der Waals surface area contributed by atoms with Gasteiger partial charge in [0.25, 0.3) is 5.91 Å². The van der Waals surface area contributed by atoms with Crippen molar-refractivity contribution in [1.29, 1.82) is 0 Å². The average molecular weight is 362 g/mol. The molecule has 1 aromatic rings. The molecule has 0 aromatic carbocycles. The number of amides is 1. The number of hydrogen-bond acceptors (Lipinski definition) is 7. The lowest BCUT2D eigenvalue weighted by atomic mass is 9.96. The van der Waals surface area contributed by atoms with E-state index in [0.717, 1.165) is 0 Å². The number of methoxy groups -OCH3 is 1. The molecule has 9 nitrogen and oxygen atoms in total. The summed E-state index contributed by atoms with van der Waals surface area (Å²) in [5.41, 5.74) is 0.280. The van der Waals surface area contributed by atoms with Gasteiger partial charge in [-0.2, -0.15) is 5.01 Å². The molecule has 2 unspecified atom stereocenters. The van der Waals surface area contributed by atoms with Crippen molar-refractivity contribution in [2.24, 2.45) is 0 Å². The van der Waals surface area contributed by atoms with Crippen LogP contribution in [0, 0.1) is 0 Å². The minimum absolute atomic E-state index is 0.0701. The number of carbonyl (C=O) groups excluding carboxylic acids is 2. The van der Waals surface area contributed by atoms with Crippen molar-refractivity contribution in [2.45, 2.75) is 33.0 Å². The van der Waals surface area contributed by atoms with Gasteiger partial charge < -0.3 is 15.2 Å². The molecule has 2 atom stereocenters. The molecule has 2 rings (SSSR count). The Morgan fingerprint density at radius 2 is 2.15 bits per heavy atom. The highest BCUT2D eigenvalue weighted by Crippen LogP contribution is 2.29. The van der Waals surface area contributed by atoms with Crippen LogP contribution in [0.4, 0.5) is 5.69 Å². The number of ether oxygens (including phenoxy) is 1. The van der Waals surface area contributed by atoms with Crippen LogP contribution in [-0.4, -0.2) is 63.7 Å². The monoisotopic (exact) mass is 362 g/mol. The molecule has 0 saturated heterocycles. The van der Waals surface area contributed by atoms with Gasteiger partial charge in [0, 0.05) is 19.9 Å². The van der Waals surface area contributed by atoms with E-state index in [1.165, 1.54) is 30.2 Å². The molecule has 9 heteroatoms. The van der Waals surface area contributed by atoms with E-state index in [2.05, 4.69) is 10.3 Å². The molecular formula is C17H22N4O5. The van der Waals surface area contributed by atoms with Gasteiger partial charge in [-0.05, 0) is 32.9 Å². The number of pyridine rings is 1. The maximum atomic E-state index is 13.0. The first-order valence-electron chi connectivity index (χ1n) is 8.11. The van der Waals surface area contributed by atoms with Crippen LogP contribution in [0.2, 0.25) is 0 Å². The molecule has 1 amide bonds. The fraction of sp³-hybridized carbons (Fsp3) is 0.412. The lowest BCUT2D eigenvalue weighted by molar-refractivity contribution is -0.192. The fourth-order valence-corrected chi connectivity index (χ4v) is 2.89. The number of nitrogens with zero attached hydrogens (tertiary/aromatic N) is 3. The number of Topliss-reactive ketones (excluding diaryl/α,β-unsaturated/α-hetero) is 1. The van der Waals surface area contributed by atoms with Crippen molar-refractivity contribution in [3.05, 3.63) is 35.8 Å². The number of hydrogen-bond donors (Lipinski definition) is 2. The van der Waals surface area contributed by atoms with Gasteiger partial charge in [0.15, 0.2) is 11.8 Å². The second-order valence-electron chi connectivity index (χ2n) is 5.69. The predicted molar refractivity (Wildman–Crippen MR) is 92.7 cm³/mol. The van der Waals surface area contributed by atoms with Crippen molar-refractivity contribution in [3.63, 3.8) is 0 Å². The zero-order valence-electron chi connectivity index (χ0n) is 15.1. The molecular weight excluding hydrogens is 340 g/mol. The van der Waals surface area contributed by atoms with Crippen LogP contribution >= 0.6 is 0 Å². The number of nitrogens with one attached hydrogen (secondary N) is 1. The number of aliphatic carboxylic acids is 1. The van der Waals surface area contributed by atoms with E-state index in [1.807, 2.05) is 0 Å². The van der Waals surface area contributed by atoms with Gasteiger partial charge in [-0.25, -0.2) is 0 Å². The first-order chi connectivity index (χ1) is 12.3. The Morgan fingerprint density at radius 1 is 1.46 bits per heavy atom. The highest BCUT2D eigenvalue weighted by molar-refractivity contribution is 6.11. The van der Waals surface area contributed by atoms with Gasteiger partial charge in [-0.1, -0.05) is 0 Å². The summed E-state index contributed by atoms with van der Waals surface area (Å²) in [4.78, 5) is 41.3. The zero-order valence-corrected chi connectivity index (χ0v) is 15.1. The highest BCUT2D eigenvalue weighted by atomic mass is 16.5. The Morgan fingerprint density at radius 3 is 2.62 bits per heavy atom. The second-order valence-corrected chi connectivity index (χ2v) is 5.69. The third kappa shape index (κ3) is 3.58. The lowest BCUT2D eigenvalue weighted by Gasteiger charge is -2.45. The highest BCUT2D eigenvalue weighted by Gasteiger charge is 2.47. The number of rotatable bonds is 7. The van der Waals surface area contributed by atoms with Crippen LogP contribution in [0.25, 0.3) is 0 Å². The molecule has 0 spiro atoms. The molecule has 0 bridgehead atoms. The molecule has 2 heterocycles. The van der Waals surface area contributed by atoms with Gasteiger partial charge >= 0.3 is 5.97 Å². The van der Waals surface area contributed by atoms with Crippen LogP contribution in [-0.2, 0) is 19.1 Å². The second kappa shape index (κ2) is 8.07. The minimum Gasteiger partial charge on any atom is -0.480 e. The molecule has 0 aliphatic carbocycles. The van der Waals surface area contributed by atoms with Crippen LogP contribution < -0.4 is 5.32 Å². The van der Waals surface area contributed by atoms with Crippen molar-refractivity contribution in [1.82, 2.24) is 15.0 Å². The summed E-state index contributed by atoms with van der Waals surface area (Å²) in [6.45, 7) is 4.77. The average Bonchev–Trinajstić information content (AvgIpc) is 2.62. The standard InChI is InChI=1S/C17H22N4O5/c1-5-20-16(23)14(19-12-7-6-8-18-9-12)13(10(2)22)15(17(24)25)21(20)11(3)26-4/h6-9,11,15,19H,5H2,1-4H3,(H,24,25). The fourth-order valence-electron chi connectivity index (χ4n) is 2.89. The first-order valence-corrected chi connectivity index (χ1v) is 8.11. The minimum atomic E-state index is -1.36. The van der Waals surface area contributed by atoms with Crippen molar-refractivity contribution in [2.75, 3.05) is 19.0 Å². The third-order valence-electron chi connectivity index (χ3n) is 4.09. The Kier molecular flexibility index (Phi) is 6.06. The molecule has 1 aromatic heterocycles. The largest absolute Gasteiger partial charge is 0.480 e. The van der Waals surface area contributed by atoms with Crippen LogP contribution in [0.3, 0.4) is 0 Å². The number of ketones is 1. The van der Waals surface area contributed by atoms with Crippen LogP contribution in [0.15, 0.2) is 35.8 Å². The smallest absolute Gasteiger partial charge is 0.327 e. The molecule has 2 N–H and O–H groups in total. The Bertz CT molecular complexity index is 734. The van der Waals surface area contributed by atoms with Crippen molar-refractivity contribution < 1.29 is 24.2 Å². The number of aromatic nitrogens is 1. The summed E-state index contributed by atoms with van der Waals surface area (Å²) < 4.78 is 5.24. The zero-order chi connectivity index (χ0) is 19.4. The number of anilines is 1. The van der Waals surface area contributed by atoms with Crippen LogP contribution in [0.5, 0.6) is 0 Å². The molecule has 0 saturated carbocycles. The maximum Gasteiger partial charge on any atom is 0.327 e. The van der Waals surface area contributed by atoms with Gasteiger partial charge in [0.05, 0.1) is 17.5 Å². The van der Waals surface area contributed by atoms with Crippen molar-refractivity contribution >= 4 is 23.3 Å². The van der Waals surface area contributed by atoms with E-state index >= 15 is 0 Å². The predicted octanol–water partition coefficient (Wildman–Crippen LogP) is 0.861. The number of carboxylic acids is 1. The number of hydrazine groups is 1. The lowest BCUT2D eigenvalue weighted by Crippen LogP contribution is -2.63. The van der Waals surface area contributed by atoms with E-state index in [0.29, 0.717) is 5.69 Å². The number of likely N-dealkylation sites (N-methyl/N-ethyl adjacent to an activating group) is 1. The van der Waals surface area contributed by atoms with Crippen LogP contribution in [0.1, 0.15) is 20.8 Å². The summed E-state index contributed by atoms with van der Waals surface area (Å²) in [6, 6.07) is 1.97. The summed E-state index contributed by atoms with van der Waals surface area (Å²) in [5, 5.41) is 15.2. The van der Waals surface area contributed by atoms with E-state index in [-0.39, 0.29) is 17.8 Å². The van der Waals surface area contributed by atoms with E-state index < -0.39 is 29.9 Å². The maximum absolute atomic E-state index is 13.0. The Balaban J connectivity index is 2.66. The SMILES string of the molecule is CCN1C(=O)C(Nc2cccnc2)=C(C(C)=O)C(C(=O)O)N1C(C)OC.